The number of rotatable bonds is 7. The molecule has 0 spiro atoms. The fraction of sp³-hybridized carbons (Fsp3) is 0.222. The third-order valence-electron chi connectivity index (χ3n) is 3.60. The normalized spacial score (nSPS) is 11.8. The van der Waals surface area contributed by atoms with Gasteiger partial charge in [0.2, 0.25) is 5.91 Å². The molecule has 0 bridgehead atoms. The van der Waals surface area contributed by atoms with Gasteiger partial charge in [0.15, 0.2) is 0 Å². The maximum Gasteiger partial charge on any atom is 0.303 e. The van der Waals surface area contributed by atoms with Crippen LogP contribution >= 0.6 is 23.2 Å². The van der Waals surface area contributed by atoms with Crippen LogP contribution in [0.4, 0.5) is 0 Å². The van der Waals surface area contributed by atoms with Crippen molar-refractivity contribution in [3.63, 3.8) is 0 Å². The number of amides is 1. The second kappa shape index (κ2) is 8.71. The Morgan fingerprint density at radius 3 is 2.33 bits per heavy atom. The van der Waals surface area contributed by atoms with Gasteiger partial charge in [-0.05, 0) is 23.3 Å². The van der Waals surface area contributed by atoms with Crippen molar-refractivity contribution in [2.75, 3.05) is 0 Å². The molecule has 0 aliphatic carbocycles. The number of hydrogen-bond acceptors (Lipinski definition) is 2. The zero-order valence-electron chi connectivity index (χ0n) is 12.8. The molecule has 0 heterocycles. The largest absolute Gasteiger partial charge is 0.481 e. The summed E-state index contributed by atoms with van der Waals surface area (Å²) in [5.74, 6) is -1.65. The maximum absolute atomic E-state index is 12.2. The number of benzene rings is 2. The van der Waals surface area contributed by atoms with E-state index in [1.54, 1.807) is 18.2 Å². The molecule has 2 aromatic carbocycles. The lowest BCUT2D eigenvalue weighted by Gasteiger charge is -2.16. The highest BCUT2D eigenvalue weighted by Gasteiger charge is 2.20. The van der Waals surface area contributed by atoms with E-state index >= 15 is 0 Å². The zero-order valence-corrected chi connectivity index (χ0v) is 14.3. The fourth-order valence-electron chi connectivity index (χ4n) is 2.38. The summed E-state index contributed by atoms with van der Waals surface area (Å²) in [6.07, 6.45) is -0.0895. The summed E-state index contributed by atoms with van der Waals surface area (Å²) in [6, 6.07) is 14.4. The summed E-state index contributed by atoms with van der Waals surface area (Å²) in [6.45, 7) is 0.404. The Hall–Kier alpha value is -2.04. The van der Waals surface area contributed by atoms with E-state index in [9.17, 15) is 9.59 Å². The van der Waals surface area contributed by atoms with Crippen LogP contribution < -0.4 is 5.32 Å². The van der Waals surface area contributed by atoms with Gasteiger partial charge in [0, 0.05) is 18.9 Å². The highest BCUT2D eigenvalue weighted by atomic mass is 35.5. The second-order valence-electron chi connectivity index (χ2n) is 5.43. The van der Waals surface area contributed by atoms with E-state index in [2.05, 4.69) is 5.32 Å². The lowest BCUT2D eigenvalue weighted by atomic mass is 9.92. The quantitative estimate of drug-likeness (QED) is 0.770. The van der Waals surface area contributed by atoms with Gasteiger partial charge in [-0.3, -0.25) is 9.59 Å². The minimum atomic E-state index is -0.970. The van der Waals surface area contributed by atoms with Crippen molar-refractivity contribution < 1.29 is 14.7 Å². The van der Waals surface area contributed by atoms with E-state index < -0.39 is 11.9 Å². The topological polar surface area (TPSA) is 66.4 Å². The molecule has 6 heteroatoms. The molecule has 0 saturated carbocycles. The monoisotopic (exact) mass is 365 g/mol. The van der Waals surface area contributed by atoms with Gasteiger partial charge in [0.05, 0.1) is 16.5 Å². The van der Waals surface area contributed by atoms with Gasteiger partial charge < -0.3 is 10.4 Å². The van der Waals surface area contributed by atoms with Crippen LogP contribution in [0.3, 0.4) is 0 Å². The Bertz CT molecular complexity index is 719. The summed E-state index contributed by atoms with van der Waals surface area (Å²) in [4.78, 5) is 23.3. The standard InChI is InChI=1S/C18H17Cl2NO3/c19-15-7-6-13(8-16(15)20)14(10-18(23)24)9-17(22)21-11-12-4-2-1-3-5-12/h1-8,14H,9-11H2,(H,21,22)(H,23,24). The molecule has 0 radical (unpaired) electrons. The third-order valence-corrected chi connectivity index (χ3v) is 4.34. The SMILES string of the molecule is O=C(O)CC(CC(=O)NCc1ccccc1)c1ccc(Cl)c(Cl)c1. The first kappa shape index (κ1) is 18.3. The smallest absolute Gasteiger partial charge is 0.303 e. The van der Waals surface area contributed by atoms with Gasteiger partial charge in [-0.1, -0.05) is 59.6 Å². The van der Waals surface area contributed by atoms with E-state index in [0.717, 1.165) is 5.56 Å². The molecular formula is C18H17Cl2NO3. The van der Waals surface area contributed by atoms with Crippen LogP contribution in [0.1, 0.15) is 29.9 Å². The number of hydrogen-bond donors (Lipinski definition) is 2. The first-order chi connectivity index (χ1) is 11.5. The van der Waals surface area contributed by atoms with E-state index in [1.165, 1.54) is 0 Å². The molecule has 0 aliphatic rings. The van der Waals surface area contributed by atoms with Crippen molar-refractivity contribution >= 4 is 35.1 Å². The van der Waals surface area contributed by atoms with E-state index in [0.29, 0.717) is 22.2 Å². The predicted octanol–water partition coefficient (Wildman–Crippen LogP) is 4.26. The first-order valence-electron chi connectivity index (χ1n) is 7.43. The zero-order chi connectivity index (χ0) is 17.5. The van der Waals surface area contributed by atoms with Crippen LogP contribution in [0.25, 0.3) is 0 Å². The summed E-state index contributed by atoms with van der Waals surface area (Å²) in [5.41, 5.74) is 1.66. The van der Waals surface area contributed by atoms with Crippen molar-refractivity contribution in [1.82, 2.24) is 5.32 Å². The Morgan fingerprint density at radius 2 is 1.71 bits per heavy atom. The van der Waals surface area contributed by atoms with Crippen LogP contribution in [-0.2, 0) is 16.1 Å². The molecule has 0 fully saturated rings. The first-order valence-corrected chi connectivity index (χ1v) is 8.18. The predicted molar refractivity (Wildman–Crippen MR) is 94.4 cm³/mol. The number of carboxylic acid groups (broad SMARTS) is 1. The van der Waals surface area contributed by atoms with Gasteiger partial charge in [-0.15, -0.1) is 0 Å². The Kier molecular flexibility index (Phi) is 6.64. The fourth-order valence-corrected chi connectivity index (χ4v) is 2.68. The van der Waals surface area contributed by atoms with Gasteiger partial charge in [0.25, 0.3) is 0 Å². The molecule has 126 valence electrons. The molecule has 1 amide bonds. The van der Waals surface area contributed by atoms with Crippen molar-refractivity contribution in [3.8, 4) is 0 Å². The Labute approximate surface area is 150 Å². The Morgan fingerprint density at radius 1 is 1.00 bits per heavy atom. The maximum atomic E-state index is 12.2. The number of carbonyl (C=O) groups excluding carboxylic acids is 1. The molecule has 0 aliphatic heterocycles. The Balaban J connectivity index is 2.03. The highest BCUT2D eigenvalue weighted by Crippen LogP contribution is 2.30. The molecule has 1 unspecified atom stereocenters. The average molecular weight is 366 g/mol. The van der Waals surface area contributed by atoms with Gasteiger partial charge in [0.1, 0.15) is 0 Å². The van der Waals surface area contributed by atoms with Crippen LogP contribution in [-0.4, -0.2) is 17.0 Å². The van der Waals surface area contributed by atoms with Crippen molar-refractivity contribution in [2.24, 2.45) is 0 Å². The van der Waals surface area contributed by atoms with Crippen molar-refractivity contribution in [1.29, 1.82) is 0 Å². The number of carbonyl (C=O) groups is 2. The third kappa shape index (κ3) is 5.55. The van der Waals surface area contributed by atoms with Crippen LogP contribution in [0.2, 0.25) is 10.0 Å². The molecule has 0 saturated heterocycles. The van der Waals surface area contributed by atoms with E-state index in [1.807, 2.05) is 30.3 Å². The van der Waals surface area contributed by atoms with Gasteiger partial charge in [-0.2, -0.15) is 0 Å². The second-order valence-corrected chi connectivity index (χ2v) is 6.25. The molecule has 24 heavy (non-hydrogen) atoms. The van der Waals surface area contributed by atoms with E-state index in [4.69, 9.17) is 28.3 Å². The molecule has 2 rings (SSSR count). The molecule has 0 aromatic heterocycles. The molecule has 2 aromatic rings. The number of halogens is 2. The average Bonchev–Trinajstić information content (AvgIpc) is 2.55. The van der Waals surface area contributed by atoms with Crippen LogP contribution in [0, 0.1) is 0 Å². The molecule has 4 nitrogen and oxygen atoms in total. The number of aliphatic carboxylic acids is 1. The minimum Gasteiger partial charge on any atom is -0.481 e. The van der Waals surface area contributed by atoms with Gasteiger partial charge >= 0.3 is 5.97 Å². The highest BCUT2D eigenvalue weighted by molar-refractivity contribution is 6.42. The van der Waals surface area contributed by atoms with E-state index in [-0.39, 0.29) is 18.7 Å². The molecular weight excluding hydrogens is 349 g/mol. The summed E-state index contributed by atoms with van der Waals surface area (Å²) >= 11 is 11.9. The van der Waals surface area contributed by atoms with Crippen LogP contribution in [0.5, 0.6) is 0 Å². The lowest BCUT2D eigenvalue weighted by molar-refractivity contribution is -0.137. The molecule has 1 atom stereocenters. The van der Waals surface area contributed by atoms with Gasteiger partial charge in [-0.25, -0.2) is 0 Å². The number of nitrogens with one attached hydrogen (secondary N) is 1. The van der Waals surface area contributed by atoms with Crippen LogP contribution in [0.15, 0.2) is 48.5 Å². The molecule has 2 N–H and O–H groups in total. The number of carboxylic acids is 1. The summed E-state index contributed by atoms with van der Waals surface area (Å²) < 4.78 is 0. The van der Waals surface area contributed by atoms with Crippen molar-refractivity contribution in [3.05, 3.63) is 69.7 Å². The minimum absolute atomic E-state index is 0.0666. The lowest BCUT2D eigenvalue weighted by Crippen LogP contribution is -2.25. The summed E-state index contributed by atoms with van der Waals surface area (Å²) in [7, 11) is 0. The summed E-state index contributed by atoms with van der Waals surface area (Å²) in [5, 5.41) is 12.6. The van der Waals surface area contributed by atoms with Crippen molar-refractivity contribution in [2.45, 2.75) is 25.3 Å².